The molecule has 1 aromatic rings. The molecule has 0 aliphatic heterocycles. The standard InChI is InChI=1S/C10H10BrF2NO3/c1-3-17-10(15)7-5(11)4-6(8(12)13)14-9(7)16-2/h4,8H,3H2,1-2H3. The predicted octanol–water partition coefficient (Wildman–Crippen LogP) is 2.97. The van der Waals surface area contributed by atoms with E-state index < -0.39 is 18.1 Å². The third kappa shape index (κ3) is 3.12. The summed E-state index contributed by atoms with van der Waals surface area (Å²) in [5, 5.41) is 0. The normalized spacial score (nSPS) is 10.5. The topological polar surface area (TPSA) is 48.4 Å². The molecular formula is C10H10BrF2NO3. The second-order valence-corrected chi connectivity index (χ2v) is 3.79. The second kappa shape index (κ2) is 5.90. The molecule has 0 unspecified atom stereocenters. The number of nitrogens with zero attached hydrogens (tertiary/aromatic N) is 1. The summed E-state index contributed by atoms with van der Waals surface area (Å²) < 4.78 is 34.7. The first kappa shape index (κ1) is 13.8. The number of hydrogen-bond acceptors (Lipinski definition) is 4. The number of aromatic nitrogens is 1. The zero-order valence-electron chi connectivity index (χ0n) is 9.17. The quantitative estimate of drug-likeness (QED) is 0.802. The Labute approximate surface area is 105 Å². The van der Waals surface area contributed by atoms with E-state index in [4.69, 9.17) is 9.47 Å². The number of esters is 1. The van der Waals surface area contributed by atoms with Crippen molar-refractivity contribution >= 4 is 21.9 Å². The third-order valence-corrected chi connectivity index (χ3v) is 2.48. The van der Waals surface area contributed by atoms with Gasteiger partial charge in [-0.2, -0.15) is 0 Å². The van der Waals surface area contributed by atoms with Gasteiger partial charge in [-0.15, -0.1) is 0 Å². The number of ether oxygens (including phenoxy) is 2. The highest BCUT2D eigenvalue weighted by molar-refractivity contribution is 9.10. The maximum atomic E-state index is 12.5. The zero-order chi connectivity index (χ0) is 13.0. The van der Waals surface area contributed by atoms with E-state index >= 15 is 0 Å². The number of carbonyl (C=O) groups is 1. The van der Waals surface area contributed by atoms with E-state index in [1.54, 1.807) is 6.92 Å². The molecular weight excluding hydrogens is 300 g/mol. The van der Waals surface area contributed by atoms with E-state index in [9.17, 15) is 13.6 Å². The first-order chi connectivity index (χ1) is 8.01. The summed E-state index contributed by atoms with van der Waals surface area (Å²) in [6.45, 7) is 1.81. The van der Waals surface area contributed by atoms with E-state index in [1.807, 2.05) is 0 Å². The minimum atomic E-state index is -2.74. The molecule has 0 saturated heterocycles. The Balaban J connectivity index is 3.25. The first-order valence-electron chi connectivity index (χ1n) is 4.71. The van der Waals surface area contributed by atoms with Gasteiger partial charge in [0.05, 0.1) is 13.7 Å². The van der Waals surface area contributed by atoms with Crippen molar-refractivity contribution in [3.63, 3.8) is 0 Å². The predicted molar refractivity (Wildman–Crippen MR) is 59.4 cm³/mol. The molecule has 0 saturated carbocycles. The minimum Gasteiger partial charge on any atom is -0.480 e. The fourth-order valence-corrected chi connectivity index (χ4v) is 1.72. The molecule has 0 aliphatic rings. The molecule has 4 nitrogen and oxygen atoms in total. The molecule has 1 rings (SSSR count). The van der Waals surface area contributed by atoms with E-state index in [-0.39, 0.29) is 22.5 Å². The Morgan fingerprint density at radius 3 is 2.71 bits per heavy atom. The van der Waals surface area contributed by atoms with Crippen molar-refractivity contribution in [1.82, 2.24) is 4.98 Å². The van der Waals surface area contributed by atoms with Crippen LogP contribution in [-0.4, -0.2) is 24.7 Å². The van der Waals surface area contributed by atoms with Crippen LogP contribution in [-0.2, 0) is 4.74 Å². The molecule has 0 atom stereocenters. The van der Waals surface area contributed by atoms with Gasteiger partial charge in [-0.05, 0) is 28.9 Å². The average Bonchev–Trinajstić information content (AvgIpc) is 2.27. The molecule has 0 radical (unpaired) electrons. The summed E-state index contributed by atoms with van der Waals surface area (Å²) in [5.41, 5.74) is -0.472. The summed E-state index contributed by atoms with van der Waals surface area (Å²) in [4.78, 5) is 15.1. The lowest BCUT2D eigenvalue weighted by molar-refractivity contribution is 0.0519. The summed E-state index contributed by atoms with van der Waals surface area (Å²) in [6, 6.07) is 1.07. The van der Waals surface area contributed by atoms with Crippen LogP contribution in [0.3, 0.4) is 0 Å². The molecule has 0 bridgehead atoms. The Hall–Kier alpha value is -1.24. The monoisotopic (exact) mass is 309 g/mol. The van der Waals surface area contributed by atoms with Crippen molar-refractivity contribution in [3.05, 3.63) is 21.8 Å². The van der Waals surface area contributed by atoms with Gasteiger partial charge in [0.1, 0.15) is 11.3 Å². The number of pyridine rings is 1. The molecule has 0 amide bonds. The maximum absolute atomic E-state index is 12.5. The molecule has 0 spiro atoms. The molecule has 7 heteroatoms. The van der Waals surface area contributed by atoms with Gasteiger partial charge in [-0.3, -0.25) is 0 Å². The lowest BCUT2D eigenvalue weighted by Gasteiger charge is -2.10. The Morgan fingerprint density at radius 2 is 2.24 bits per heavy atom. The van der Waals surface area contributed by atoms with Gasteiger partial charge in [0, 0.05) is 4.47 Å². The largest absolute Gasteiger partial charge is 0.480 e. The van der Waals surface area contributed by atoms with Gasteiger partial charge in [-0.1, -0.05) is 0 Å². The van der Waals surface area contributed by atoms with Gasteiger partial charge >= 0.3 is 5.97 Å². The molecule has 0 fully saturated rings. The first-order valence-corrected chi connectivity index (χ1v) is 5.50. The summed E-state index contributed by atoms with van der Waals surface area (Å²) in [7, 11) is 1.24. The minimum absolute atomic E-state index is 0.00116. The molecule has 17 heavy (non-hydrogen) atoms. The van der Waals surface area contributed by atoms with Crippen LogP contribution in [0.15, 0.2) is 10.5 Å². The Kier molecular flexibility index (Phi) is 4.80. The number of hydrogen-bond donors (Lipinski definition) is 0. The van der Waals surface area contributed by atoms with Crippen molar-refractivity contribution in [3.8, 4) is 5.88 Å². The third-order valence-electron chi connectivity index (χ3n) is 1.85. The summed E-state index contributed by atoms with van der Waals surface area (Å²) in [5.74, 6) is -0.863. The van der Waals surface area contributed by atoms with Crippen LogP contribution >= 0.6 is 15.9 Å². The number of rotatable bonds is 4. The second-order valence-electron chi connectivity index (χ2n) is 2.93. The fourth-order valence-electron chi connectivity index (χ4n) is 1.16. The van der Waals surface area contributed by atoms with Crippen molar-refractivity contribution in [2.24, 2.45) is 0 Å². The average molecular weight is 310 g/mol. The van der Waals surface area contributed by atoms with E-state index in [0.29, 0.717) is 0 Å². The Morgan fingerprint density at radius 1 is 1.59 bits per heavy atom. The van der Waals surface area contributed by atoms with Crippen LogP contribution in [0.5, 0.6) is 5.88 Å². The molecule has 0 N–H and O–H groups in total. The van der Waals surface area contributed by atoms with Gasteiger partial charge in [0.25, 0.3) is 6.43 Å². The smallest absolute Gasteiger partial charge is 0.344 e. The van der Waals surface area contributed by atoms with E-state index in [0.717, 1.165) is 6.07 Å². The number of alkyl halides is 2. The van der Waals surface area contributed by atoms with Crippen LogP contribution in [0.25, 0.3) is 0 Å². The number of halogens is 3. The Bertz CT molecular complexity index is 426. The fraction of sp³-hybridized carbons (Fsp3) is 0.400. The van der Waals surface area contributed by atoms with Crippen LogP contribution in [0.1, 0.15) is 29.4 Å². The molecule has 1 heterocycles. The van der Waals surface area contributed by atoms with Crippen LogP contribution in [0, 0.1) is 0 Å². The van der Waals surface area contributed by atoms with Crippen molar-refractivity contribution in [1.29, 1.82) is 0 Å². The summed E-state index contributed by atoms with van der Waals surface area (Å²) in [6.07, 6.45) is -2.74. The highest BCUT2D eigenvalue weighted by Crippen LogP contribution is 2.30. The molecule has 0 aromatic carbocycles. The molecule has 94 valence electrons. The van der Waals surface area contributed by atoms with Crippen molar-refractivity contribution < 1.29 is 23.0 Å². The van der Waals surface area contributed by atoms with Gasteiger partial charge in [0.15, 0.2) is 0 Å². The van der Waals surface area contributed by atoms with Gasteiger partial charge < -0.3 is 9.47 Å². The van der Waals surface area contributed by atoms with Crippen molar-refractivity contribution in [2.45, 2.75) is 13.3 Å². The van der Waals surface area contributed by atoms with Crippen LogP contribution in [0.2, 0.25) is 0 Å². The van der Waals surface area contributed by atoms with E-state index in [2.05, 4.69) is 20.9 Å². The summed E-state index contributed by atoms with van der Waals surface area (Å²) >= 11 is 3.02. The SMILES string of the molecule is CCOC(=O)c1c(Br)cc(C(F)F)nc1OC. The number of methoxy groups -OCH3 is 1. The van der Waals surface area contributed by atoms with Crippen LogP contribution < -0.4 is 4.74 Å². The van der Waals surface area contributed by atoms with Crippen molar-refractivity contribution in [2.75, 3.05) is 13.7 Å². The lowest BCUT2D eigenvalue weighted by atomic mass is 10.2. The van der Waals surface area contributed by atoms with Gasteiger partial charge in [-0.25, -0.2) is 18.6 Å². The number of carbonyl (C=O) groups excluding carboxylic acids is 1. The van der Waals surface area contributed by atoms with Crippen LogP contribution in [0.4, 0.5) is 8.78 Å². The zero-order valence-corrected chi connectivity index (χ0v) is 10.8. The molecule has 1 aromatic heterocycles. The lowest BCUT2D eigenvalue weighted by Crippen LogP contribution is -2.10. The highest BCUT2D eigenvalue weighted by atomic mass is 79.9. The highest BCUT2D eigenvalue weighted by Gasteiger charge is 2.22. The maximum Gasteiger partial charge on any atom is 0.344 e. The molecule has 0 aliphatic carbocycles. The van der Waals surface area contributed by atoms with Gasteiger partial charge in [0.2, 0.25) is 5.88 Å². The van der Waals surface area contributed by atoms with E-state index in [1.165, 1.54) is 7.11 Å².